The predicted molar refractivity (Wildman–Crippen MR) is 52.4 cm³/mol. The molecule has 0 aliphatic heterocycles. The topological polar surface area (TPSA) is 20.2 Å². The lowest BCUT2D eigenvalue weighted by atomic mass is 9.84. The first-order chi connectivity index (χ1) is 6.37. The third-order valence-corrected chi connectivity index (χ3v) is 3.25. The van der Waals surface area contributed by atoms with Crippen LogP contribution in [0.1, 0.15) is 12.8 Å². The summed E-state index contributed by atoms with van der Waals surface area (Å²) in [5.74, 6) is -1.36. The van der Waals surface area contributed by atoms with E-state index >= 15 is 0 Å². The van der Waals surface area contributed by atoms with Gasteiger partial charge in [-0.2, -0.15) is 8.78 Å². The van der Waals surface area contributed by atoms with Crippen LogP contribution in [0, 0.1) is 11.8 Å². The van der Waals surface area contributed by atoms with Crippen molar-refractivity contribution in [2.24, 2.45) is 11.8 Å². The fourth-order valence-electron chi connectivity index (χ4n) is 2.09. The van der Waals surface area contributed by atoms with Crippen LogP contribution in [0.5, 0.6) is 0 Å². The summed E-state index contributed by atoms with van der Waals surface area (Å²) < 4.78 is 26.2. The number of rotatable bonds is 3. The summed E-state index contributed by atoms with van der Waals surface area (Å²) in [5.41, 5.74) is -2.24. The molecule has 0 radical (unpaired) electrons. The first kappa shape index (κ1) is 11.7. The van der Waals surface area contributed by atoms with Gasteiger partial charge in [0.2, 0.25) is 0 Å². The summed E-state index contributed by atoms with van der Waals surface area (Å²) in [7, 11) is 0. The van der Waals surface area contributed by atoms with Crippen LogP contribution in [0.3, 0.4) is 0 Å². The lowest BCUT2D eigenvalue weighted by molar-refractivity contribution is -0.154. The van der Waals surface area contributed by atoms with E-state index in [9.17, 15) is 13.9 Å². The molecule has 0 heterocycles. The number of alkyl halides is 3. The van der Waals surface area contributed by atoms with Crippen molar-refractivity contribution in [3.05, 3.63) is 25.3 Å². The van der Waals surface area contributed by atoms with Crippen LogP contribution >= 0.6 is 11.6 Å². The van der Waals surface area contributed by atoms with E-state index in [0.29, 0.717) is 12.8 Å². The van der Waals surface area contributed by atoms with Gasteiger partial charge in [0.1, 0.15) is 0 Å². The molecule has 1 aliphatic rings. The summed E-state index contributed by atoms with van der Waals surface area (Å²) >= 11 is 4.95. The Labute approximate surface area is 87.1 Å². The average Bonchev–Trinajstić information content (AvgIpc) is 2.42. The Morgan fingerprint density at radius 2 is 1.64 bits per heavy atom. The highest BCUT2D eigenvalue weighted by molar-refractivity contribution is 6.22. The lowest BCUT2D eigenvalue weighted by Gasteiger charge is -2.35. The van der Waals surface area contributed by atoms with E-state index < -0.39 is 22.8 Å². The maximum absolute atomic E-state index is 13.1. The number of hydrogen-bond acceptors (Lipinski definition) is 1. The molecule has 0 amide bonds. The Hall–Kier alpha value is -0.410. The molecule has 0 bridgehead atoms. The molecule has 0 unspecified atom stereocenters. The van der Waals surface area contributed by atoms with Crippen LogP contribution < -0.4 is 0 Å². The number of aliphatic hydroxyl groups is 1. The van der Waals surface area contributed by atoms with Gasteiger partial charge < -0.3 is 5.11 Å². The maximum atomic E-state index is 13.1. The molecule has 1 aliphatic carbocycles. The highest BCUT2D eigenvalue weighted by Gasteiger charge is 2.61. The van der Waals surface area contributed by atoms with Gasteiger partial charge in [0, 0.05) is 11.8 Å². The van der Waals surface area contributed by atoms with Gasteiger partial charge in [0.05, 0.1) is 0 Å². The van der Waals surface area contributed by atoms with E-state index in [4.69, 9.17) is 11.6 Å². The Kier molecular flexibility index (Phi) is 3.02. The Morgan fingerprint density at radius 1 is 1.29 bits per heavy atom. The first-order valence-corrected chi connectivity index (χ1v) is 4.80. The van der Waals surface area contributed by atoms with E-state index in [1.807, 2.05) is 0 Å². The van der Waals surface area contributed by atoms with Crippen LogP contribution in [0.2, 0.25) is 0 Å². The third-order valence-electron chi connectivity index (χ3n) is 2.94. The van der Waals surface area contributed by atoms with Crippen LogP contribution in [0.25, 0.3) is 0 Å². The van der Waals surface area contributed by atoms with Gasteiger partial charge in [-0.1, -0.05) is 12.2 Å². The minimum Gasteiger partial charge on any atom is -0.381 e. The second-order valence-corrected chi connectivity index (χ2v) is 4.06. The minimum absolute atomic E-state index is 0.457. The monoisotopic (exact) mass is 222 g/mol. The molecule has 1 N–H and O–H groups in total. The van der Waals surface area contributed by atoms with Crippen LogP contribution in [-0.4, -0.2) is 16.1 Å². The summed E-state index contributed by atoms with van der Waals surface area (Å²) in [6.07, 6.45) is 3.58. The van der Waals surface area contributed by atoms with Crippen molar-refractivity contribution in [3.63, 3.8) is 0 Å². The largest absolute Gasteiger partial charge is 0.381 e. The molecule has 2 atom stereocenters. The summed E-state index contributed by atoms with van der Waals surface area (Å²) in [4.78, 5) is 0. The van der Waals surface area contributed by atoms with Gasteiger partial charge in [-0.3, -0.25) is 0 Å². The van der Waals surface area contributed by atoms with Crippen molar-refractivity contribution >= 4 is 11.6 Å². The van der Waals surface area contributed by atoms with Crippen LogP contribution in [-0.2, 0) is 0 Å². The molecule has 1 fully saturated rings. The molecule has 1 rings (SSSR count). The molecule has 1 nitrogen and oxygen atoms in total. The summed E-state index contributed by atoms with van der Waals surface area (Å²) in [5, 5.41) is 6.27. The van der Waals surface area contributed by atoms with Gasteiger partial charge in [0.15, 0.2) is 5.60 Å². The SMILES string of the molecule is C=C[C@H]1CC[C@H](C=C)C1(O)C(F)(F)Cl. The van der Waals surface area contributed by atoms with Crippen molar-refractivity contribution in [2.75, 3.05) is 0 Å². The van der Waals surface area contributed by atoms with Crippen LogP contribution in [0.15, 0.2) is 25.3 Å². The number of hydrogen-bond donors (Lipinski definition) is 1. The Morgan fingerprint density at radius 3 is 1.86 bits per heavy atom. The fourth-order valence-corrected chi connectivity index (χ4v) is 2.37. The van der Waals surface area contributed by atoms with Crippen molar-refractivity contribution in [2.45, 2.75) is 23.8 Å². The first-order valence-electron chi connectivity index (χ1n) is 4.42. The normalized spacial score (nSPS) is 31.4. The smallest absolute Gasteiger partial charge is 0.350 e. The summed E-state index contributed by atoms with van der Waals surface area (Å²) in [6, 6.07) is 0. The van der Waals surface area contributed by atoms with Crippen molar-refractivity contribution in [3.8, 4) is 0 Å². The molecular weight excluding hydrogens is 210 g/mol. The molecule has 0 aromatic carbocycles. The minimum atomic E-state index is -3.65. The summed E-state index contributed by atoms with van der Waals surface area (Å²) in [6.45, 7) is 6.87. The van der Waals surface area contributed by atoms with Crippen LogP contribution in [0.4, 0.5) is 8.78 Å². The third kappa shape index (κ3) is 1.48. The standard InChI is InChI=1S/C10H13ClF2O/c1-3-7-5-6-8(4-2)9(7,14)10(11,12)13/h3-4,7-8,14H,1-2,5-6H2/t7-,8-/m0/s1. The second-order valence-electron chi connectivity index (χ2n) is 3.58. The Bertz CT molecular complexity index is 231. The molecule has 1 saturated carbocycles. The molecule has 0 aromatic heterocycles. The Balaban J connectivity index is 3.10. The molecule has 0 aromatic rings. The molecular formula is C10H13ClF2O. The number of halogens is 3. The van der Waals surface area contributed by atoms with Gasteiger partial charge in [0.25, 0.3) is 0 Å². The maximum Gasteiger partial charge on any atom is 0.350 e. The average molecular weight is 223 g/mol. The zero-order chi connectivity index (χ0) is 11.0. The zero-order valence-corrected chi connectivity index (χ0v) is 8.47. The van der Waals surface area contributed by atoms with Gasteiger partial charge in [-0.05, 0) is 24.4 Å². The van der Waals surface area contributed by atoms with E-state index in [1.165, 1.54) is 12.2 Å². The van der Waals surface area contributed by atoms with Crippen molar-refractivity contribution in [1.29, 1.82) is 0 Å². The molecule has 14 heavy (non-hydrogen) atoms. The highest BCUT2D eigenvalue weighted by atomic mass is 35.5. The van der Waals surface area contributed by atoms with Crippen molar-refractivity contribution in [1.82, 2.24) is 0 Å². The van der Waals surface area contributed by atoms with Crippen molar-refractivity contribution < 1.29 is 13.9 Å². The van der Waals surface area contributed by atoms with Gasteiger partial charge in [-0.15, -0.1) is 13.2 Å². The lowest BCUT2D eigenvalue weighted by Crippen LogP contribution is -2.51. The predicted octanol–water partition coefficient (Wildman–Crippen LogP) is 2.95. The molecule has 0 saturated heterocycles. The fraction of sp³-hybridized carbons (Fsp3) is 0.600. The zero-order valence-electron chi connectivity index (χ0n) is 7.72. The van der Waals surface area contributed by atoms with Gasteiger partial charge in [-0.25, -0.2) is 0 Å². The van der Waals surface area contributed by atoms with Gasteiger partial charge >= 0.3 is 5.38 Å². The van der Waals surface area contributed by atoms with E-state index in [2.05, 4.69) is 13.2 Å². The molecule has 80 valence electrons. The highest BCUT2D eigenvalue weighted by Crippen LogP contribution is 2.52. The van der Waals surface area contributed by atoms with E-state index in [0.717, 1.165) is 0 Å². The van der Waals surface area contributed by atoms with E-state index in [-0.39, 0.29) is 0 Å². The molecule has 4 heteroatoms. The second kappa shape index (κ2) is 3.63. The quantitative estimate of drug-likeness (QED) is 0.575. The van der Waals surface area contributed by atoms with E-state index in [1.54, 1.807) is 0 Å². The molecule has 0 spiro atoms.